The van der Waals surface area contributed by atoms with Gasteiger partial charge in [-0.2, -0.15) is 0 Å². The fraction of sp³-hybridized carbons (Fsp3) is 0.714. The van der Waals surface area contributed by atoms with Crippen LogP contribution in [0, 0.1) is 0 Å². The monoisotopic (exact) mass is 310 g/mol. The van der Waals surface area contributed by atoms with Gasteiger partial charge in [0.25, 0.3) is 0 Å². The van der Waals surface area contributed by atoms with Crippen molar-refractivity contribution in [1.29, 1.82) is 0 Å². The predicted molar refractivity (Wildman–Crippen MR) is 83.7 cm³/mol. The molecule has 2 fully saturated rings. The second kappa shape index (κ2) is 5.79. The Morgan fingerprint density at radius 1 is 1.29 bits per heavy atom. The highest BCUT2D eigenvalue weighted by atomic mass is 32.2. The van der Waals surface area contributed by atoms with Gasteiger partial charge in [0, 0.05) is 31.6 Å². The number of sulfone groups is 1. The van der Waals surface area contributed by atoms with Crippen molar-refractivity contribution in [3.05, 3.63) is 11.9 Å². The zero-order valence-corrected chi connectivity index (χ0v) is 13.2. The maximum Gasteiger partial charge on any atom is 0.152 e. The SMILES string of the molecule is CCNc1cc(N2CCCS(=O)(=O)CC2)nc(C2CC2)n1. The van der Waals surface area contributed by atoms with Gasteiger partial charge in [-0.3, -0.25) is 0 Å². The highest BCUT2D eigenvalue weighted by Crippen LogP contribution is 2.39. The Labute approximate surface area is 125 Å². The minimum absolute atomic E-state index is 0.215. The number of hydrogen-bond donors (Lipinski definition) is 1. The fourth-order valence-corrected chi connectivity index (χ4v) is 3.85. The molecule has 7 heteroatoms. The van der Waals surface area contributed by atoms with Crippen LogP contribution in [0.25, 0.3) is 0 Å². The Morgan fingerprint density at radius 3 is 2.81 bits per heavy atom. The maximum absolute atomic E-state index is 11.7. The van der Waals surface area contributed by atoms with E-state index >= 15 is 0 Å². The van der Waals surface area contributed by atoms with Crippen LogP contribution in [-0.2, 0) is 9.84 Å². The van der Waals surface area contributed by atoms with Gasteiger partial charge in [0.15, 0.2) is 9.84 Å². The minimum atomic E-state index is -2.90. The van der Waals surface area contributed by atoms with E-state index < -0.39 is 9.84 Å². The summed E-state index contributed by atoms with van der Waals surface area (Å²) in [5.74, 6) is 3.58. The predicted octanol–water partition coefficient (Wildman–Crippen LogP) is 1.41. The second-order valence-corrected chi connectivity index (χ2v) is 8.07. The number of rotatable bonds is 4. The van der Waals surface area contributed by atoms with Crippen molar-refractivity contribution in [2.45, 2.75) is 32.1 Å². The highest BCUT2D eigenvalue weighted by Gasteiger charge is 2.28. The number of anilines is 2. The van der Waals surface area contributed by atoms with Crippen molar-refractivity contribution in [2.24, 2.45) is 0 Å². The lowest BCUT2D eigenvalue weighted by molar-refractivity contribution is 0.597. The summed E-state index contributed by atoms with van der Waals surface area (Å²) in [6, 6.07) is 1.94. The second-order valence-electron chi connectivity index (χ2n) is 5.77. The third-order valence-electron chi connectivity index (χ3n) is 3.91. The molecule has 1 saturated heterocycles. The molecule has 1 saturated carbocycles. The molecule has 1 aliphatic heterocycles. The molecular formula is C14H22N4O2S. The average Bonchev–Trinajstić information content (AvgIpc) is 3.26. The standard InChI is InChI=1S/C14H22N4O2S/c1-2-15-12-10-13(17-14(16-12)11-4-5-11)18-6-3-8-21(19,20)9-7-18/h10-11H,2-9H2,1H3,(H,15,16,17). The van der Waals surface area contributed by atoms with Gasteiger partial charge in [-0.05, 0) is 26.2 Å². The van der Waals surface area contributed by atoms with Crippen LogP contribution in [0.3, 0.4) is 0 Å². The molecular weight excluding hydrogens is 288 g/mol. The van der Waals surface area contributed by atoms with Crippen LogP contribution < -0.4 is 10.2 Å². The van der Waals surface area contributed by atoms with Gasteiger partial charge in [-0.25, -0.2) is 18.4 Å². The molecule has 116 valence electrons. The van der Waals surface area contributed by atoms with E-state index in [0.717, 1.165) is 43.4 Å². The van der Waals surface area contributed by atoms with Crippen LogP contribution in [0.4, 0.5) is 11.6 Å². The molecule has 0 spiro atoms. The Morgan fingerprint density at radius 2 is 2.10 bits per heavy atom. The zero-order valence-electron chi connectivity index (χ0n) is 12.4. The Kier molecular flexibility index (Phi) is 4.01. The normalized spacial score (nSPS) is 21.9. The van der Waals surface area contributed by atoms with E-state index in [-0.39, 0.29) is 11.5 Å². The van der Waals surface area contributed by atoms with Crippen LogP contribution in [0.5, 0.6) is 0 Å². The van der Waals surface area contributed by atoms with Crippen LogP contribution in [-0.4, -0.2) is 49.5 Å². The fourth-order valence-electron chi connectivity index (χ4n) is 2.58. The molecule has 0 bridgehead atoms. The molecule has 1 aromatic heterocycles. The lowest BCUT2D eigenvalue weighted by Gasteiger charge is -2.22. The first-order valence-corrected chi connectivity index (χ1v) is 9.48. The first kappa shape index (κ1) is 14.6. The van der Waals surface area contributed by atoms with Gasteiger partial charge < -0.3 is 10.2 Å². The zero-order chi connectivity index (χ0) is 14.9. The van der Waals surface area contributed by atoms with Crippen molar-refractivity contribution in [1.82, 2.24) is 9.97 Å². The minimum Gasteiger partial charge on any atom is -0.370 e. The van der Waals surface area contributed by atoms with E-state index in [1.165, 1.54) is 0 Å². The number of hydrogen-bond acceptors (Lipinski definition) is 6. The number of nitrogens with one attached hydrogen (secondary N) is 1. The van der Waals surface area contributed by atoms with E-state index in [0.29, 0.717) is 18.9 Å². The van der Waals surface area contributed by atoms with Gasteiger partial charge in [0.1, 0.15) is 17.5 Å². The summed E-state index contributed by atoms with van der Waals surface area (Å²) in [5, 5.41) is 3.25. The van der Waals surface area contributed by atoms with Gasteiger partial charge in [-0.1, -0.05) is 0 Å². The van der Waals surface area contributed by atoms with Gasteiger partial charge in [0.2, 0.25) is 0 Å². The van der Waals surface area contributed by atoms with Crippen LogP contribution in [0.2, 0.25) is 0 Å². The van der Waals surface area contributed by atoms with E-state index in [9.17, 15) is 8.42 Å². The molecule has 2 aliphatic rings. The molecule has 1 N–H and O–H groups in total. The lowest BCUT2D eigenvalue weighted by Crippen LogP contribution is -2.28. The summed E-state index contributed by atoms with van der Waals surface area (Å²) in [6.45, 7) is 4.12. The summed E-state index contributed by atoms with van der Waals surface area (Å²) in [4.78, 5) is 11.3. The van der Waals surface area contributed by atoms with Crippen LogP contribution in [0.1, 0.15) is 37.9 Å². The molecule has 0 aromatic carbocycles. The van der Waals surface area contributed by atoms with Gasteiger partial charge >= 0.3 is 0 Å². The third-order valence-corrected chi connectivity index (χ3v) is 5.63. The molecule has 1 aliphatic carbocycles. The number of aromatic nitrogens is 2. The topological polar surface area (TPSA) is 75.2 Å². The van der Waals surface area contributed by atoms with E-state index in [1.807, 2.05) is 13.0 Å². The highest BCUT2D eigenvalue weighted by molar-refractivity contribution is 7.91. The molecule has 0 radical (unpaired) electrons. The van der Waals surface area contributed by atoms with E-state index in [1.54, 1.807) is 0 Å². The third kappa shape index (κ3) is 3.64. The van der Waals surface area contributed by atoms with Crippen molar-refractivity contribution < 1.29 is 8.42 Å². The molecule has 2 heterocycles. The molecule has 0 unspecified atom stereocenters. The van der Waals surface area contributed by atoms with Crippen molar-refractivity contribution in [3.8, 4) is 0 Å². The van der Waals surface area contributed by atoms with Crippen molar-refractivity contribution in [2.75, 3.05) is 41.4 Å². The Balaban J connectivity index is 1.86. The first-order chi connectivity index (χ1) is 10.1. The molecule has 1 aromatic rings. The Bertz CT molecular complexity index is 613. The van der Waals surface area contributed by atoms with Gasteiger partial charge in [0.05, 0.1) is 11.5 Å². The molecule has 3 rings (SSSR count). The summed E-state index contributed by atoms with van der Waals surface area (Å²) in [7, 11) is -2.90. The molecule has 0 amide bonds. The van der Waals surface area contributed by atoms with Crippen LogP contribution >= 0.6 is 0 Å². The Hall–Kier alpha value is -1.37. The smallest absolute Gasteiger partial charge is 0.152 e. The summed E-state index contributed by atoms with van der Waals surface area (Å²) >= 11 is 0. The van der Waals surface area contributed by atoms with E-state index in [4.69, 9.17) is 0 Å². The number of nitrogens with zero attached hydrogens (tertiary/aromatic N) is 3. The quantitative estimate of drug-likeness (QED) is 0.906. The maximum atomic E-state index is 11.7. The summed E-state index contributed by atoms with van der Waals surface area (Å²) in [6.07, 6.45) is 2.98. The van der Waals surface area contributed by atoms with Crippen molar-refractivity contribution in [3.63, 3.8) is 0 Å². The largest absolute Gasteiger partial charge is 0.370 e. The summed E-state index contributed by atoms with van der Waals surface area (Å²) < 4.78 is 23.5. The molecule has 21 heavy (non-hydrogen) atoms. The van der Waals surface area contributed by atoms with Crippen LogP contribution in [0.15, 0.2) is 6.07 Å². The van der Waals surface area contributed by atoms with Gasteiger partial charge in [-0.15, -0.1) is 0 Å². The van der Waals surface area contributed by atoms with Crippen molar-refractivity contribution >= 4 is 21.5 Å². The summed E-state index contributed by atoms with van der Waals surface area (Å²) in [5.41, 5.74) is 0. The molecule has 6 nitrogen and oxygen atoms in total. The first-order valence-electron chi connectivity index (χ1n) is 7.65. The lowest BCUT2D eigenvalue weighted by atomic mass is 10.3. The van der Waals surface area contributed by atoms with E-state index in [2.05, 4.69) is 20.2 Å². The average molecular weight is 310 g/mol. The molecule has 0 atom stereocenters.